The summed E-state index contributed by atoms with van der Waals surface area (Å²) in [6.07, 6.45) is 8.11. The monoisotopic (exact) mass is 480 g/mol. The van der Waals surface area contributed by atoms with Gasteiger partial charge in [0.25, 0.3) is 0 Å². The highest BCUT2D eigenvalue weighted by Crippen LogP contribution is 2.25. The van der Waals surface area contributed by atoms with Gasteiger partial charge in [0.1, 0.15) is 29.4 Å². The summed E-state index contributed by atoms with van der Waals surface area (Å²) in [5, 5.41) is 8.47. The third-order valence-electron chi connectivity index (χ3n) is 4.32. The number of Topliss-reactive ketones (excluding diaryl/α,β-unsaturated/α-hetero) is 2. The Balaban J connectivity index is -0.000000408. The lowest BCUT2D eigenvalue weighted by Crippen LogP contribution is -2.15. The standard InChI is InChI=1S/C11H16O2.C7H12O3.C6H10O.C3H6O/c1-4-10(7-8(2)12)11-6-5-9(3)13-11;1-3-6(7(9)10)4-5(2)8;1-3-4-5-6(2)7;1-2-3-4/h5-6,10H,4,7H2,1-3H3;6H,3-4H2,1-2H3,(H,9,10);4-5H,3H2,1-2H3;3H,2H2,1H3/b;;5-4+;. The highest BCUT2D eigenvalue weighted by molar-refractivity contribution is 5.87. The Labute approximate surface area is 205 Å². The van der Waals surface area contributed by atoms with Crippen LogP contribution in [0, 0.1) is 12.8 Å². The summed E-state index contributed by atoms with van der Waals surface area (Å²) in [7, 11) is 0. The fourth-order valence-electron chi connectivity index (χ4n) is 2.50. The second-order valence-electron chi connectivity index (χ2n) is 7.81. The third kappa shape index (κ3) is 23.8. The Morgan fingerprint density at radius 3 is 1.65 bits per heavy atom. The van der Waals surface area contributed by atoms with Crippen LogP contribution in [0.4, 0.5) is 0 Å². The second-order valence-corrected chi connectivity index (χ2v) is 7.81. The van der Waals surface area contributed by atoms with Gasteiger partial charge in [0.05, 0.1) is 5.92 Å². The van der Waals surface area contributed by atoms with Gasteiger partial charge in [0, 0.05) is 25.2 Å². The number of aryl methyl sites for hydroxylation is 1. The number of carbonyl (C=O) groups excluding carboxylic acids is 4. The number of hydrogen-bond acceptors (Lipinski definition) is 6. The van der Waals surface area contributed by atoms with E-state index in [0.29, 0.717) is 19.3 Å². The Bertz CT molecular complexity index is 744. The molecule has 1 N–H and O–H groups in total. The average molecular weight is 481 g/mol. The van der Waals surface area contributed by atoms with Crippen molar-refractivity contribution in [2.75, 3.05) is 0 Å². The molecule has 1 aromatic rings. The summed E-state index contributed by atoms with van der Waals surface area (Å²) in [6, 6.07) is 3.91. The van der Waals surface area contributed by atoms with E-state index in [9.17, 15) is 24.0 Å². The summed E-state index contributed by atoms with van der Waals surface area (Å²) < 4.78 is 5.49. The maximum Gasteiger partial charge on any atom is 0.306 e. The van der Waals surface area contributed by atoms with Gasteiger partial charge < -0.3 is 23.9 Å². The van der Waals surface area contributed by atoms with Gasteiger partial charge in [-0.25, -0.2) is 0 Å². The predicted molar refractivity (Wildman–Crippen MR) is 135 cm³/mol. The molecule has 0 aliphatic rings. The summed E-state index contributed by atoms with van der Waals surface area (Å²) in [6.45, 7) is 14.2. The zero-order valence-electron chi connectivity index (χ0n) is 22.2. The first-order valence-corrected chi connectivity index (χ1v) is 11.8. The quantitative estimate of drug-likeness (QED) is 0.292. The molecule has 0 amide bonds. The Hall–Kier alpha value is -2.83. The minimum absolute atomic E-state index is 0.0609. The van der Waals surface area contributed by atoms with E-state index in [0.717, 1.165) is 30.6 Å². The number of aliphatic carboxylic acids is 1. The molecule has 2 atom stereocenters. The number of carbonyl (C=O) groups is 5. The van der Waals surface area contributed by atoms with E-state index in [1.807, 2.05) is 39.0 Å². The van der Waals surface area contributed by atoms with Crippen LogP contribution in [0.1, 0.15) is 104 Å². The molecule has 1 heterocycles. The van der Waals surface area contributed by atoms with Crippen LogP contribution in [0.15, 0.2) is 28.7 Å². The van der Waals surface area contributed by atoms with E-state index in [2.05, 4.69) is 6.92 Å². The lowest BCUT2D eigenvalue weighted by Gasteiger charge is -2.08. The minimum atomic E-state index is -0.877. The van der Waals surface area contributed by atoms with Crippen molar-refractivity contribution in [1.82, 2.24) is 0 Å². The molecule has 1 aromatic heterocycles. The first-order valence-electron chi connectivity index (χ1n) is 11.8. The second kappa shape index (κ2) is 23.3. The molecule has 0 aliphatic carbocycles. The molecule has 194 valence electrons. The first-order chi connectivity index (χ1) is 15.9. The van der Waals surface area contributed by atoms with Gasteiger partial charge in [-0.3, -0.25) is 9.59 Å². The Morgan fingerprint density at radius 1 is 0.912 bits per heavy atom. The van der Waals surface area contributed by atoms with Crippen molar-refractivity contribution in [3.8, 4) is 0 Å². The molecule has 0 radical (unpaired) electrons. The van der Waals surface area contributed by atoms with Gasteiger partial charge in [-0.05, 0) is 65.2 Å². The van der Waals surface area contributed by atoms with Crippen LogP contribution in [0.5, 0.6) is 0 Å². The lowest BCUT2D eigenvalue weighted by molar-refractivity contribution is -0.143. The number of rotatable bonds is 11. The van der Waals surface area contributed by atoms with Crippen LogP contribution in [-0.2, 0) is 24.0 Å². The molecule has 7 heteroatoms. The highest BCUT2D eigenvalue weighted by Gasteiger charge is 2.16. The van der Waals surface area contributed by atoms with Gasteiger partial charge >= 0.3 is 5.97 Å². The molecule has 0 aromatic carbocycles. The van der Waals surface area contributed by atoms with Crippen LogP contribution in [0.2, 0.25) is 0 Å². The third-order valence-corrected chi connectivity index (χ3v) is 4.32. The van der Waals surface area contributed by atoms with Gasteiger partial charge in [-0.1, -0.05) is 33.8 Å². The Morgan fingerprint density at radius 2 is 1.44 bits per heavy atom. The number of aldehydes is 1. The van der Waals surface area contributed by atoms with Crippen molar-refractivity contribution in [1.29, 1.82) is 0 Å². The summed E-state index contributed by atoms with van der Waals surface area (Å²) in [5.74, 6) is 1.03. The van der Waals surface area contributed by atoms with Crippen molar-refractivity contribution >= 4 is 29.6 Å². The average Bonchev–Trinajstić information content (AvgIpc) is 3.20. The predicted octanol–water partition coefficient (Wildman–Crippen LogP) is 6.27. The molecule has 0 saturated carbocycles. The van der Waals surface area contributed by atoms with Crippen molar-refractivity contribution in [3.63, 3.8) is 0 Å². The molecule has 2 unspecified atom stereocenters. The van der Waals surface area contributed by atoms with E-state index in [4.69, 9.17) is 9.52 Å². The number of allylic oxidation sites excluding steroid dienone is 2. The van der Waals surface area contributed by atoms with Gasteiger partial charge in [-0.15, -0.1) is 0 Å². The molecule has 1 rings (SSSR count). The van der Waals surface area contributed by atoms with Crippen molar-refractivity contribution in [2.24, 2.45) is 5.92 Å². The van der Waals surface area contributed by atoms with Crippen molar-refractivity contribution in [3.05, 3.63) is 35.8 Å². The van der Waals surface area contributed by atoms with E-state index < -0.39 is 11.9 Å². The van der Waals surface area contributed by atoms with E-state index >= 15 is 0 Å². The first kappa shape index (κ1) is 35.8. The molecule has 0 bridgehead atoms. The minimum Gasteiger partial charge on any atom is -0.481 e. The summed E-state index contributed by atoms with van der Waals surface area (Å²) >= 11 is 0. The van der Waals surface area contributed by atoms with Crippen LogP contribution in [0.3, 0.4) is 0 Å². The molecular formula is C27H44O7. The van der Waals surface area contributed by atoms with Crippen molar-refractivity contribution in [2.45, 2.75) is 99.8 Å². The largest absolute Gasteiger partial charge is 0.481 e. The molecule has 0 spiro atoms. The van der Waals surface area contributed by atoms with Crippen LogP contribution < -0.4 is 0 Å². The molecular weight excluding hydrogens is 436 g/mol. The topological polar surface area (TPSA) is 119 Å². The molecule has 0 saturated heterocycles. The molecule has 7 nitrogen and oxygen atoms in total. The van der Waals surface area contributed by atoms with E-state index in [1.165, 1.54) is 6.92 Å². The number of hydrogen-bond donors (Lipinski definition) is 1. The molecule has 0 fully saturated rings. The van der Waals surface area contributed by atoms with E-state index in [-0.39, 0.29) is 29.7 Å². The zero-order chi connectivity index (χ0) is 27.1. The SMILES string of the molecule is CC/C=C/C(C)=O.CCC(CC(C)=O)C(=O)O.CCC(CC(C)=O)c1ccc(C)o1.CCC=O. The number of ketones is 3. The molecule has 34 heavy (non-hydrogen) atoms. The number of carboxylic acids is 1. The number of carboxylic acid groups (broad SMARTS) is 1. The van der Waals surface area contributed by atoms with Crippen LogP contribution in [-0.4, -0.2) is 34.7 Å². The van der Waals surface area contributed by atoms with Crippen LogP contribution in [0.25, 0.3) is 0 Å². The van der Waals surface area contributed by atoms with Gasteiger partial charge in [0.15, 0.2) is 5.78 Å². The van der Waals surface area contributed by atoms with Crippen molar-refractivity contribution < 1.29 is 33.5 Å². The highest BCUT2D eigenvalue weighted by atomic mass is 16.4. The normalized spacial score (nSPS) is 11.4. The van der Waals surface area contributed by atoms with Gasteiger partial charge in [0.2, 0.25) is 0 Å². The maximum absolute atomic E-state index is 11.0. The fraction of sp³-hybridized carbons (Fsp3) is 0.593. The maximum atomic E-state index is 11.0. The zero-order valence-corrected chi connectivity index (χ0v) is 22.2. The summed E-state index contributed by atoms with van der Waals surface area (Å²) in [5.41, 5.74) is 0. The lowest BCUT2D eigenvalue weighted by atomic mass is 9.98. The smallest absolute Gasteiger partial charge is 0.306 e. The van der Waals surface area contributed by atoms with Crippen LogP contribution >= 0.6 is 0 Å². The Kier molecular flexibility index (Phi) is 24.5. The molecule has 0 aliphatic heterocycles. The summed E-state index contributed by atoms with van der Waals surface area (Å²) in [4.78, 5) is 51.0. The van der Waals surface area contributed by atoms with E-state index in [1.54, 1.807) is 26.8 Å². The number of furan rings is 1. The van der Waals surface area contributed by atoms with Gasteiger partial charge in [-0.2, -0.15) is 0 Å². The fourth-order valence-corrected chi connectivity index (χ4v) is 2.50.